The molecule has 0 radical (unpaired) electrons. The van der Waals surface area contributed by atoms with Crippen molar-refractivity contribution in [1.82, 2.24) is 15.1 Å². The van der Waals surface area contributed by atoms with Crippen LogP contribution in [0.5, 0.6) is 5.75 Å². The summed E-state index contributed by atoms with van der Waals surface area (Å²) in [6, 6.07) is 8.84. The second-order valence-corrected chi connectivity index (χ2v) is 5.15. The van der Waals surface area contributed by atoms with Gasteiger partial charge in [0.05, 0.1) is 19.0 Å². The minimum absolute atomic E-state index is 0.204. The molecule has 25 heavy (non-hydrogen) atoms. The smallest absolute Gasteiger partial charge is 0.275 e. The summed E-state index contributed by atoms with van der Waals surface area (Å²) in [7, 11) is 0. The van der Waals surface area contributed by atoms with Crippen LogP contribution < -0.4 is 15.4 Å². The Morgan fingerprint density at radius 3 is 2.56 bits per heavy atom. The minimum atomic E-state index is -0.347. The van der Waals surface area contributed by atoms with Gasteiger partial charge in [0.15, 0.2) is 5.82 Å². The first-order valence-electron chi connectivity index (χ1n) is 7.70. The van der Waals surface area contributed by atoms with Gasteiger partial charge in [-0.3, -0.25) is 4.79 Å². The lowest BCUT2D eigenvalue weighted by Crippen LogP contribution is -2.14. The quantitative estimate of drug-likeness (QED) is 0.711. The highest BCUT2D eigenvalue weighted by molar-refractivity contribution is 6.02. The molecule has 2 N–H and O–H groups in total. The molecule has 0 atom stereocenters. The number of hydrogen-bond donors (Lipinski definition) is 2. The van der Waals surface area contributed by atoms with Gasteiger partial charge in [0.25, 0.3) is 5.91 Å². The summed E-state index contributed by atoms with van der Waals surface area (Å²) in [6.45, 7) is 4.30. The molecule has 0 bridgehead atoms. The van der Waals surface area contributed by atoms with Gasteiger partial charge in [-0.05, 0) is 38.1 Å². The molecule has 8 heteroatoms. The van der Waals surface area contributed by atoms with E-state index in [0.717, 1.165) is 5.75 Å². The van der Waals surface area contributed by atoms with E-state index in [2.05, 4.69) is 25.8 Å². The number of nitrogens with one attached hydrogen (secondary N) is 2. The Morgan fingerprint density at radius 2 is 1.96 bits per heavy atom. The number of ether oxygens (including phenoxy) is 1. The van der Waals surface area contributed by atoms with Crippen LogP contribution in [0.15, 0.2) is 47.2 Å². The third-order valence-electron chi connectivity index (χ3n) is 3.19. The predicted octanol–water partition coefficient (Wildman–Crippen LogP) is 3.17. The first-order chi connectivity index (χ1) is 12.1. The molecule has 3 rings (SSSR count). The van der Waals surface area contributed by atoms with Crippen molar-refractivity contribution in [3.05, 3.63) is 54.2 Å². The number of aromatic nitrogens is 3. The van der Waals surface area contributed by atoms with Gasteiger partial charge in [-0.15, -0.1) is 0 Å². The summed E-state index contributed by atoms with van der Waals surface area (Å²) in [6.07, 6.45) is 2.84. The third kappa shape index (κ3) is 4.31. The number of anilines is 3. The number of nitrogens with zero attached hydrogens (tertiary/aromatic N) is 3. The molecule has 8 nitrogen and oxygen atoms in total. The summed E-state index contributed by atoms with van der Waals surface area (Å²) in [5.74, 6) is 2.07. The predicted molar refractivity (Wildman–Crippen MR) is 92.1 cm³/mol. The average Bonchev–Trinajstić information content (AvgIpc) is 3.02. The molecule has 0 fully saturated rings. The number of carbonyl (C=O) groups is 1. The van der Waals surface area contributed by atoms with Crippen molar-refractivity contribution >= 4 is 23.2 Å². The molecule has 0 aliphatic carbocycles. The lowest BCUT2D eigenvalue weighted by Gasteiger charge is -2.07. The molecule has 2 aromatic heterocycles. The minimum Gasteiger partial charge on any atom is -0.494 e. The summed E-state index contributed by atoms with van der Waals surface area (Å²) in [4.78, 5) is 20.5. The van der Waals surface area contributed by atoms with Crippen LogP contribution in [0.3, 0.4) is 0 Å². The van der Waals surface area contributed by atoms with Crippen molar-refractivity contribution in [1.29, 1.82) is 0 Å². The Hall–Kier alpha value is -3.42. The monoisotopic (exact) mass is 339 g/mol. The normalized spacial score (nSPS) is 10.3. The summed E-state index contributed by atoms with van der Waals surface area (Å²) >= 11 is 0. The van der Waals surface area contributed by atoms with Crippen molar-refractivity contribution in [2.75, 3.05) is 17.2 Å². The van der Waals surface area contributed by atoms with E-state index in [9.17, 15) is 4.79 Å². The molecule has 1 aromatic carbocycles. The van der Waals surface area contributed by atoms with Crippen LogP contribution in [0.1, 0.15) is 23.2 Å². The van der Waals surface area contributed by atoms with Crippen molar-refractivity contribution in [3.63, 3.8) is 0 Å². The zero-order valence-electron chi connectivity index (χ0n) is 13.8. The molecular formula is C17H17N5O3. The molecule has 0 saturated carbocycles. The van der Waals surface area contributed by atoms with Crippen LogP contribution in [0.2, 0.25) is 0 Å². The van der Waals surface area contributed by atoms with Crippen LogP contribution in [0.4, 0.5) is 17.3 Å². The van der Waals surface area contributed by atoms with E-state index in [1.54, 1.807) is 37.3 Å². The van der Waals surface area contributed by atoms with Gasteiger partial charge in [0, 0.05) is 11.8 Å². The number of rotatable bonds is 6. The van der Waals surface area contributed by atoms with E-state index in [4.69, 9.17) is 9.26 Å². The van der Waals surface area contributed by atoms with Gasteiger partial charge in [-0.25, -0.2) is 9.97 Å². The van der Waals surface area contributed by atoms with Crippen molar-refractivity contribution in [2.45, 2.75) is 13.8 Å². The van der Waals surface area contributed by atoms with Crippen LogP contribution in [-0.2, 0) is 0 Å². The lowest BCUT2D eigenvalue weighted by atomic mass is 10.3. The maximum absolute atomic E-state index is 12.2. The van der Waals surface area contributed by atoms with Crippen molar-refractivity contribution in [2.24, 2.45) is 0 Å². The zero-order valence-corrected chi connectivity index (χ0v) is 13.8. The number of hydrogen-bond acceptors (Lipinski definition) is 7. The Kier molecular flexibility index (Phi) is 4.89. The first-order valence-corrected chi connectivity index (χ1v) is 7.70. The topological polar surface area (TPSA) is 102 Å². The van der Waals surface area contributed by atoms with Gasteiger partial charge in [-0.1, -0.05) is 5.16 Å². The molecule has 0 aliphatic rings. The fraction of sp³-hybridized carbons (Fsp3) is 0.176. The SMILES string of the molecule is CCOc1ccc(NC(=O)c2cnc(Nc3cc(C)on3)cn2)cc1. The largest absolute Gasteiger partial charge is 0.494 e. The number of benzene rings is 1. The fourth-order valence-corrected chi connectivity index (χ4v) is 2.06. The van der Waals surface area contributed by atoms with Crippen LogP contribution >= 0.6 is 0 Å². The Morgan fingerprint density at radius 1 is 1.16 bits per heavy atom. The molecule has 2 heterocycles. The highest BCUT2D eigenvalue weighted by Crippen LogP contribution is 2.17. The Balaban J connectivity index is 1.62. The van der Waals surface area contributed by atoms with E-state index in [1.165, 1.54) is 12.4 Å². The van der Waals surface area contributed by atoms with Gasteiger partial charge in [-0.2, -0.15) is 0 Å². The molecule has 0 unspecified atom stereocenters. The molecule has 0 spiro atoms. The van der Waals surface area contributed by atoms with Gasteiger partial charge < -0.3 is 19.9 Å². The van der Waals surface area contributed by atoms with Crippen LogP contribution in [-0.4, -0.2) is 27.6 Å². The van der Waals surface area contributed by atoms with Crippen LogP contribution in [0, 0.1) is 6.92 Å². The van der Waals surface area contributed by atoms with Crippen molar-refractivity contribution < 1.29 is 14.1 Å². The van der Waals surface area contributed by atoms with Crippen LogP contribution in [0.25, 0.3) is 0 Å². The summed E-state index contributed by atoms with van der Waals surface area (Å²) in [5, 5.41) is 9.49. The van der Waals surface area contributed by atoms with Gasteiger partial charge in [0.2, 0.25) is 0 Å². The fourth-order valence-electron chi connectivity index (χ4n) is 2.06. The van der Waals surface area contributed by atoms with E-state index >= 15 is 0 Å². The Labute approximate surface area is 144 Å². The average molecular weight is 339 g/mol. The molecule has 128 valence electrons. The molecule has 3 aromatic rings. The van der Waals surface area contributed by atoms with Gasteiger partial charge in [0.1, 0.15) is 23.0 Å². The second kappa shape index (κ2) is 7.43. The lowest BCUT2D eigenvalue weighted by molar-refractivity contribution is 0.102. The maximum Gasteiger partial charge on any atom is 0.275 e. The first kappa shape index (κ1) is 16.4. The summed E-state index contributed by atoms with van der Waals surface area (Å²) < 4.78 is 10.3. The van der Waals surface area contributed by atoms with E-state index in [-0.39, 0.29) is 11.6 Å². The van der Waals surface area contributed by atoms with E-state index in [0.29, 0.717) is 29.7 Å². The van der Waals surface area contributed by atoms with Crippen molar-refractivity contribution in [3.8, 4) is 5.75 Å². The highest BCUT2D eigenvalue weighted by atomic mass is 16.5. The number of amides is 1. The zero-order chi connectivity index (χ0) is 17.6. The molecule has 0 aliphatic heterocycles. The highest BCUT2D eigenvalue weighted by Gasteiger charge is 2.09. The number of aryl methyl sites for hydroxylation is 1. The third-order valence-corrected chi connectivity index (χ3v) is 3.19. The standard InChI is InChI=1S/C17H17N5O3/c1-3-24-13-6-4-12(5-7-13)20-17(23)14-9-19-16(10-18-14)21-15-8-11(2)25-22-15/h4-10H,3H2,1-2H3,(H,20,23)(H,19,21,22). The van der Waals surface area contributed by atoms with E-state index < -0.39 is 0 Å². The number of carbonyl (C=O) groups excluding carboxylic acids is 1. The molecule has 0 saturated heterocycles. The maximum atomic E-state index is 12.2. The van der Waals surface area contributed by atoms with E-state index in [1.807, 2.05) is 6.92 Å². The van der Waals surface area contributed by atoms with Gasteiger partial charge >= 0.3 is 0 Å². The molecular weight excluding hydrogens is 322 g/mol. The molecule has 1 amide bonds. The second-order valence-electron chi connectivity index (χ2n) is 5.15. The Bertz CT molecular complexity index is 843. The summed E-state index contributed by atoms with van der Waals surface area (Å²) in [5.41, 5.74) is 0.853.